The smallest absolute Gasteiger partial charge is 0.293 e. The van der Waals surface area contributed by atoms with E-state index in [4.69, 9.17) is 21.1 Å². The molecule has 3 aromatic carbocycles. The Morgan fingerprint density at radius 2 is 1.88 bits per heavy atom. The molecule has 0 fully saturated rings. The van der Waals surface area contributed by atoms with Crippen LogP contribution in [0.2, 0.25) is 5.02 Å². The van der Waals surface area contributed by atoms with E-state index in [2.05, 4.69) is 5.32 Å². The topological polar surface area (TPSA) is 114 Å². The molecule has 0 aliphatic heterocycles. The molecule has 0 saturated carbocycles. The number of amides is 1. The molecule has 3 aromatic rings. The van der Waals surface area contributed by atoms with E-state index in [1.807, 2.05) is 18.2 Å². The van der Waals surface area contributed by atoms with Gasteiger partial charge >= 0.3 is 0 Å². The van der Waals surface area contributed by atoms with Crippen LogP contribution in [0.4, 0.5) is 11.4 Å². The van der Waals surface area contributed by atoms with Crippen LogP contribution in [-0.2, 0) is 11.4 Å². The number of nitro benzene ring substituents is 1. The number of ether oxygens (including phenoxy) is 2. The van der Waals surface area contributed by atoms with Crippen molar-refractivity contribution in [2.45, 2.75) is 13.5 Å². The summed E-state index contributed by atoms with van der Waals surface area (Å²) in [4.78, 5) is 23.4. The molecule has 0 radical (unpaired) electrons. The second kappa shape index (κ2) is 11.0. The number of aryl methyl sites for hydroxylation is 1. The quantitative estimate of drug-likeness (QED) is 0.193. The maximum absolute atomic E-state index is 12.7. The number of carbonyl (C=O) groups is 1. The van der Waals surface area contributed by atoms with Crippen molar-refractivity contribution < 1.29 is 19.2 Å². The fourth-order valence-electron chi connectivity index (χ4n) is 3.04. The van der Waals surface area contributed by atoms with Gasteiger partial charge in [0.25, 0.3) is 11.6 Å². The lowest BCUT2D eigenvalue weighted by atomic mass is 10.1. The largest absolute Gasteiger partial charge is 0.493 e. The lowest BCUT2D eigenvalue weighted by molar-refractivity contribution is -0.384. The van der Waals surface area contributed by atoms with Crippen molar-refractivity contribution in [2.75, 3.05) is 12.4 Å². The Balaban J connectivity index is 1.83. The number of carbonyl (C=O) groups excluding carboxylic acids is 1. The van der Waals surface area contributed by atoms with Crippen molar-refractivity contribution >= 4 is 35.0 Å². The lowest BCUT2D eigenvalue weighted by Gasteiger charge is -2.12. The summed E-state index contributed by atoms with van der Waals surface area (Å²) in [6.45, 7) is 1.96. The molecule has 9 heteroatoms. The molecule has 1 amide bonds. The fourth-order valence-corrected chi connectivity index (χ4v) is 3.17. The average molecular weight is 478 g/mol. The van der Waals surface area contributed by atoms with E-state index in [0.717, 1.165) is 5.56 Å². The Hall–Kier alpha value is -4.35. The van der Waals surface area contributed by atoms with E-state index in [9.17, 15) is 20.2 Å². The van der Waals surface area contributed by atoms with Gasteiger partial charge < -0.3 is 14.8 Å². The fraction of sp³-hybridized carbons (Fsp3) is 0.120. The molecule has 0 atom stereocenters. The first kappa shape index (κ1) is 24.3. The van der Waals surface area contributed by atoms with Gasteiger partial charge in [0.05, 0.1) is 12.0 Å². The molecule has 0 bridgehead atoms. The van der Waals surface area contributed by atoms with E-state index >= 15 is 0 Å². The van der Waals surface area contributed by atoms with Crippen LogP contribution >= 0.6 is 11.6 Å². The Morgan fingerprint density at radius 1 is 1.15 bits per heavy atom. The van der Waals surface area contributed by atoms with E-state index in [1.54, 1.807) is 43.3 Å². The van der Waals surface area contributed by atoms with Gasteiger partial charge in [-0.15, -0.1) is 0 Å². The summed E-state index contributed by atoms with van der Waals surface area (Å²) in [5.41, 5.74) is 1.59. The van der Waals surface area contributed by atoms with E-state index in [1.165, 1.54) is 25.3 Å². The van der Waals surface area contributed by atoms with Crippen molar-refractivity contribution in [2.24, 2.45) is 0 Å². The third-order valence-corrected chi connectivity index (χ3v) is 5.02. The normalized spacial score (nSPS) is 10.8. The highest BCUT2D eigenvalue weighted by Crippen LogP contribution is 2.30. The highest BCUT2D eigenvalue weighted by Gasteiger charge is 2.18. The first-order valence-corrected chi connectivity index (χ1v) is 10.4. The molecule has 1 N–H and O–H groups in total. The molecule has 0 saturated heterocycles. The van der Waals surface area contributed by atoms with Gasteiger partial charge in [-0.25, -0.2) is 0 Å². The summed E-state index contributed by atoms with van der Waals surface area (Å²) in [6.07, 6.45) is 1.37. The van der Waals surface area contributed by atoms with Gasteiger partial charge in [-0.05, 0) is 60.0 Å². The molecular formula is C25H20ClN3O5. The number of hydrogen-bond donors (Lipinski definition) is 1. The van der Waals surface area contributed by atoms with Gasteiger partial charge in [-0.1, -0.05) is 35.9 Å². The van der Waals surface area contributed by atoms with Crippen LogP contribution in [0.1, 0.15) is 16.7 Å². The number of nitrogens with zero attached hydrogens (tertiary/aromatic N) is 2. The lowest BCUT2D eigenvalue weighted by Crippen LogP contribution is -2.14. The molecule has 0 unspecified atom stereocenters. The van der Waals surface area contributed by atoms with Crippen molar-refractivity contribution in [1.29, 1.82) is 5.26 Å². The second-order valence-electron chi connectivity index (χ2n) is 7.23. The van der Waals surface area contributed by atoms with Crippen LogP contribution in [0.25, 0.3) is 6.08 Å². The predicted molar refractivity (Wildman–Crippen MR) is 129 cm³/mol. The van der Waals surface area contributed by atoms with Crippen molar-refractivity contribution in [3.63, 3.8) is 0 Å². The van der Waals surface area contributed by atoms with Gasteiger partial charge in [0, 0.05) is 11.1 Å². The number of nitriles is 1. The first-order chi connectivity index (χ1) is 16.3. The SMILES string of the molecule is COc1ccc(/C=C(\C#N)C(=O)Nc2ccc(C)cc2[N+](=O)[O-])cc1OCc1ccc(Cl)cc1. The maximum atomic E-state index is 12.7. The Bertz CT molecular complexity index is 1300. The van der Waals surface area contributed by atoms with E-state index < -0.39 is 10.8 Å². The van der Waals surface area contributed by atoms with Crippen LogP contribution in [0.3, 0.4) is 0 Å². The van der Waals surface area contributed by atoms with Crippen LogP contribution in [0, 0.1) is 28.4 Å². The third-order valence-electron chi connectivity index (χ3n) is 4.77. The molecule has 3 rings (SSSR count). The molecular weight excluding hydrogens is 458 g/mol. The van der Waals surface area contributed by atoms with Crippen molar-refractivity contribution in [3.05, 3.63) is 98.1 Å². The van der Waals surface area contributed by atoms with Crippen molar-refractivity contribution in [3.8, 4) is 17.6 Å². The summed E-state index contributed by atoms with van der Waals surface area (Å²) in [7, 11) is 1.50. The highest BCUT2D eigenvalue weighted by molar-refractivity contribution is 6.30. The maximum Gasteiger partial charge on any atom is 0.293 e. The van der Waals surface area contributed by atoms with E-state index in [-0.39, 0.29) is 23.6 Å². The molecule has 8 nitrogen and oxygen atoms in total. The Labute approximate surface area is 201 Å². The number of hydrogen-bond acceptors (Lipinski definition) is 6. The van der Waals surface area contributed by atoms with Crippen LogP contribution < -0.4 is 14.8 Å². The Morgan fingerprint density at radius 3 is 2.53 bits per heavy atom. The monoisotopic (exact) mass is 477 g/mol. The molecule has 0 aliphatic carbocycles. The zero-order valence-corrected chi connectivity index (χ0v) is 19.1. The number of anilines is 1. The van der Waals surface area contributed by atoms with Crippen LogP contribution in [0.15, 0.2) is 66.2 Å². The molecule has 0 spiro atoms. The molecule has 34 heavy (non-hydrogen) atoms. The number of nitro groups is 1. The average Bonchev–Trinajstić information content (AvgIpc) is 2.83. The number of benzene rings is 3. The van der Waals surface area contributed by atoms with Gasteiger partial charge in [-0.3, -0.25) is 14.9 Å². The summed E-state index contributed by atoms with van der Waals surface area (Å²) >= 11 is 5.91. The summed E-state index contributed by atoms with van der Waals surface area (Å²) in [6, 6.07) is 18.4. The van der Waals surface area contributed by atoms with E-state index in [0.29, 0.717) is 27.6 Å². The first-order valence-electron chi connectivity index (χ1n) is 10.0. The summed E-state index contributed by atoms with van der Waals surface area (Å²) in [5, 5.41) is 23.9. The molecule has 0 aromatic heterocycles. The van der Waals surface area contributed by atoms with Gasteiger partial charge in [0.1, 0.15) is 23.9 Å². The minimum Gasteiger partial charge on any atom is -0.493 e. The van der Waals surface area contributed by atoms with Crippen molar-refractivity contribution in [1.82, 2.24) is 0 Å². The summed E-state index contributed by atoms with van der Waals surface area (Å²) in [5.74, 6) is 0.122. The number of nitrogens with one attached hydrogen (secondary N) is 1. The standard InChI is InChI=1S/C25H20ClN3O5/c1-16-3-9-21(22(11-16)29(31)32)28-25(30)19(14-27)12-18-6-10-23(33-2)24(13-18)34-15-17-4-7-20(26)8-5-17/h3-13H,15H2,1-2H3,(H,28,30)/b19-12+. The molecule has 172 valence electrons. The number of rotatable bonds is 8. The second-order valence-corrected chi connectivity index (χ2v) is 7.66. The van der Waals surface area contributed by atoms with Gasteiger partial charge in [0.2, 0.25) is 0 Å². The molecule has 0 heterocycles. The van der Waals surface area contributed by atoms with Crippen LogP contribution in [0.5, 0.6) is 11.5 Å². The number of halogens is 1. The zero-order valence-electron chi connectivity index (χ0n) is 18.4. The zero-order chi connectivity index (χ0) is 24.7. The minimum atomic E-state index is -0.770. The van der Waals surface area contributed by atoms with Crippen LogP contribution in [-0.4, -0.2) is 17.9 Å². The highest BCUT2D eigenvalue weighted by atomic mass is 35.5. The Kier molecular flexibility index (Phi) is 7.85. The van der Waals surface area contributed by atoms with Gasteiger partial charge in [0.15, 0.2) is 11.5 Å². The van der Waals surface area contributed by atoms with Gasteiger partial charge in [-0.2, -0.15) is 5.26 Å². The minimum absolute atomic E-state index is 0.00321. The number of methoxy groups -OCH3 is 1. The summed E-state index contributed by atoms with van der Waals surface area (Å²) < 4.78 is 11.2. The predicted octanol–water partition coefficient (Wildman–Crippen LogP) is 5.69. The third kappa shape index (κ3) is 6.12. The molecule has 0 aliphatic rings.